The molecule has 6 nitrogen and oxygen atoms in total. The highest BCUT2D eigenvalue weighted by Gasteiger charge is 2.18. The number of carbonyl (C=O) groups is 1. The zero-order valence-electron chi connectivity index (χ0n) is 13.0. The van der Waals surface area contributed by atoms with Gasteiger partial charge in [-0.25, -0.2) is 0 Å². The monoisotopic (exact) mass is 293 g/mol. The van der Waals surface area contributed by atoms with Gasteiger partial charge in [-0.3, -0.25) is 14.9 Å². The van der Waals surface area contributed by atoms with E-state index in [1.165, 1.54) is 12.1 Å². The Balaban J connectivity index is 2.39. The molecule has 0 bridgehead atoms. The lowest BCUT2D eigenvalue weighted by atomic mass is 10.1. The predicted octanol–water partition coefficient (Wildman–Crippen LogP) is 2.03. The lowest BCUT2D eigenvalue weighted by Gasteiger charge is -2.23. The first kappa shape index (κ1) is 17.1. The first-order valence-electron chi connectivity index (χ1n) is 6.98. The van der Waals surface area contributed by atoms with Crippen LogP contribution in [0.25, 0.3) is 0 Å². The summed E-state index contributed by atoms with van der Waals surface area (Å²) >= 11 is 0. The van der Waals surface area contributed by atoms with Crippen LogP contribution in [0, 0.1) is 10.1 Å². The lowest BCUT2D eigenvalue weighted by molar-refractivity contribution is -0.384. The van der Waals surface area contributed by atoms with E-state index < -0.39 is 4.92 Å². The maximum atomic E-state index is 11.9. The van der Waals surface area contributed by atoms with Crippen LogP contribution in [-0.2, 0) is 11.2 Å². The second-order valence-electron chi connectivity index (χ2n) is 6.09. The Morgan fingerprint density at radius 3 is 2.33 bits per heavy atom. The molecule has 0 aliphatic rings. The molecule has 1 aromatic carbocycles. The molecule has 0 fully saturated rings. The first-order chi connectivity index (χ1) is 9.69. The fourth-order valence-corrected chi connectivity index (χ4v) is 1.79. The maximum Gasteiger partial charge on any atom is 0.269 e. The second-order valence-corrected chi connectivity index (χ2v) is 6.09. The van der Waals surface area contributed by atoms with Gasteiger partial charge in [0.25, 0.3) is 5.69 Å². The third-order valence-corrected chi connectivity index (χ3v) is 2.90. The summed E-state index contributed by atoms with van der Waals surface area (Å²) < 4.78 is 0. The summed E-state index contributed by atoms with van der Waals surface area (Å²) in [6.45, 7) is 8.27. The van der Waals surface area contributed by atoms with Gasteiger partial charge in [0, 0.05) is 17.7 Å². The van der Waals surface area contributed by atoms with Crippen LogP contribution in [0.15, 0.2) is 24.3 Å². The molecule has 2 N–H and O–H groups in total. The predicted molar refractivity (Wildman–Crippen MR) is 82.2 cm³/mol. The summed E-state index contributed by atoms with van der Waals surface area (Å²) in [5.41, 5.74) is 0.840. The van der Waals surface area contributed by atoms with E-state index in [0.717, 1.165) is 5.56 Å². The molecule has 1 unspecified atom stereocenters. The zero-order valence-corrected chi connectivity index (χ0v) is 13.0. The summed E-state index contributed by atoms with van der Waals surface area (Å²) in [4.78, 5) is 22.0. The largest absolute Gasteiger partial charge is 0.350 e. The van der Waals surface area contributed by atoms with Crippen molar-refractivity contribution in [3.63, 3.8) is 0 Å². The van der Waals surface area contributed by atoms with E-state index in [1.807, 2.05) is 27.7 Å². The van der Waals surface area contributed by atoms with Crippen LogP contribution < -0.4 is 10.6 Å². The van der Waals surface area contributed by atoms with Gasteiger partial charge in [0.15, 0.2) is 0 Å². The molecule has 0 aromatic heterocycles. The van der Waals surface area contributed by atoms with Crippen LogP contribution in [0.4, 0.5) is 5.69 Å². The Bertz CT molecular complexity index is 492. The van der Waals surface area contributed by atoms with Gasteiger partial charge in [-0.05, 0) is 46.2 Å². The minimum Gasteiger partial charge on any atom is -0.350 e. The van der Waals surface area contributed by atoms with Crippen molar-refractivity contribution in [3.05, 3.63) is 39.9 Å². The maximum absolute atomic E-state index is 11.9. The van der Waals surface area contributed by atoms with Gasteiger partial charge in [-0.15, -0.1) is 0 Å². The number of nitro benzene ring substituents is 1. The van der Waals surface area contributed by atoms with Gasteiger partial charge in [-0.2, -0.15) is 0 Å². The number of rotatable bonds is 6. The van der Waals surface area contributed by atoms with E-state index in [-0.39, 0.29) is 23.2 Å². The number of carbonyl (C=O) groups excluding carboxylic acids is 1. The number of nitro groups is 1. The van der Waals surface area contributed by atoms with E-state index in [9.17, 15) is 14.9 Å². The van der Waals surface area contributed by atoms with E-state index in [4.69, 9.17) is 0 Å². The molecule has 0 radical (unpaired) electrons. The fourth-order valence-electron chi connectivity index (χ4n) is 1.79. The van der Waals surface area contributed by atoms with E-state index in [1.54, 1.807) is 12.1 Å². The molecule has 1 aromatic rings. The Kier molecular flexibility index (Phi) is 5.84. The third-order valence-electron chi connectivity index (χ3n) is 2.90. The molecular weight excluding hydrogens is 270 g/mol. The topological polar surface area (TPSA) is 84.3 Å². The summed E-state index contributed by atoms with van der Waals surface area (Å²) in [6, 6.07) is 6.18. The van der Waals surface area contributed by atoms with Crippen molar-refractivity contribution in [1.82, 2.24) is 10.6 Å². The molecule has 0 aliphatic heterocycles. The summed E-state index contributed by atoms with van der Waals surface area (Å²) in [7, 11) is 0. The van der Waals surface area contributed by atoms with E-state index >= 15 is 0 Å². The van der Waals surface area contributed by atoms with E-state index in [0.29, 0.717) is 13.0 Å². The van der Waals surface area contributed by atoms with Gasteiger partial charge in [0.05, 0.1) is 11.0 Å². The smallest absolute Gasteiger partial charge is 0.269 e. The van der Waals surface area contributed by atoms with Crippen LogP contribution in [0.2, 0.25) is 0 Å². The highest BCUT2D eigenvalue weighted by molar-refractivity contribution is 5.81. The molecule has 1 atom stereocenters. The van der Waals surface area contributed by atoms with Crippen molar-refractivity contribution < 1.29 is 9.72 Å². The van der Waals surface area contributed by atoms with Crippen LogP contribution in [0.5, 0.6) is 0 Å². The van der Waals surface area contributed by atoms with Crippen molar-refractivity contribution in [3.8, 4) is 0 Å². The average molecular weight is 293 g/mol. The molecule has 6 heteroatoms. The third kappa shape index (κ3) is 6.35. The molecule has 0 spiro atoms. The second kappa shape index (κ2) is 7.17. The number of non-ortho nitro benzene ring substituents is 1. The molecule has 1 amide bonds. The molecular formula is C15H23N3O3. The van der Waals surface area contributed by atoms with Crippen molar-refractivity contribution in [2.45, 2.75) is 45.7 Å². The van der Waals surface area contributed by atoms with Crippen molar-refractivity contribution in [1.29, 1.82) is 0 Å². The number of hydrogen-bond donors (Lipinski definition) is 2. The highest BCUT2D eigenvalue weighted by Crippen LogP contribution is 2.12. The normalized spacial score (nSPS) is 12.8. The van der Waals surface area contributed by atoms with Gasteiger partial charge in [0.2, 0.25) is 5.91 Å². The van der Waals surface area contributed by atoms with Crippen molar-refractivity contribution >= 4 is 11.6 Å². The Morgan fingerprint density at radius 2 is 1.86 bits per heavy atom. The Labute approximate surface area is 125 Å². The number of hydrogen-bond acceptors (Lipinski definition) is 4. The molecule has 1 rings (SSSR count). The molecule has 21 heavy (non-hydrogen) atoms. The standard InChI is InChI=1S/C15H23N3O3/c1-11(14(19)17-15(2,3)4)16-10-9-12-5-7-13(8-6-12)18(20)21/h5-8,11,16H,9-10H2,1-4H3,(H,17,19). The molecule has 0 saturated heterocycles. The lowest BCUT2D eigenvalue weighted by Crippen LogP contribution is -2.49. The Morgan fingerprint density at radius 1 is 1.29 bits per heavy atom. The highest BCUT2D eigenvalue weighted by atomic mass is 16.6. The molecule has 0 heterocycles. The molecule has 116 valence electrons. The SMILES string of the molecule is CC(NCCc1ccc([N+](=O)[O-])cc1)C(=O)NC(C)(C)C. The number of benzene rings is 1. The molecule has 0 aliphatic carbocycles. The minimum absolute atomic E-state index is 0.0359. The summed E-state index contributed by atoms with van der Waals surface area (Å²) in [5.74, 6) is -0.0359. The van der Waals surface area contributed by atoms with Crippen molar-refractivity contribution in [2.24, 2.45) is 0 Å². The number of amides is 1. The van der Waals surface area contributed by atoms with Crippen LogP contribution in [-0.4, -0.2) is 29.0 Å². The van der Waals surface area contributed by atoms with Crippen molar-refractivity contribution in [2.75, 3.05) is 6.54 Å². The van der Waals surface area contributed by atoms with Gasteiger partial charge in [0.1, 0.15) is 0 Å². The number of nitrogens with one attached hydrogen (secondary N) is 2. The quantitative estimate of drug-likeness (QED) is 0.621. The minimum atomic E-state index is -0.416. The zero-order chi connectivity index (χ0) is 16.0. The summed E-state index contributed by atoms with van der Waals surface area (Å²) in [6.07, 6.45) is 0.713. The van der Waals surface area contributed by atoms with Crippen LogP contribution in [0.1, 0.15) is 33.3 Å². The number of nitrogens with zero attached hydrogens (tertiary/aromatic N) is 1. The van der Waals surface area contributed by atoms with Gasteiger partial charge in [-0.1, -0.05) is 12.1 Å². The average Bonchev–Trinajstić information content (AvgIpc) is 2.37. The van der Waals surface area contributed by atoms with E-state index in [2.05, 4.69) is 10.6 Å². The van der Waals surface area contributed by atoms with Crippen LogP contribution in [0.3, 0.4) is 0 Å². The van der Waals surface area contributed by atoms with Gasteiger partial charge < -0.3 is 10.6 Å². The first-order valence-corrected chi connectivity index (χ1v) is 6.98. The Hall–Kier alpha value is -1.95. The van der Waals surface area contributed by atoms with Crippen LogP contribution >= 0.6 is 0 Å². The van der Waals surface area contributed by atoms with Gasteiger partial charge >= 0.3 is 0 Å². The fraction of sp³-hybridized carbons (Fsp3) is 0.533. The summed E-state index contributed by atoms with van der Waals surface area (Å²) in [5, 5.41) is 16.6. The molecule has 0 saturated carbocycles.